The van der Waals surface area contributed by atoms with Gasteiger partial charge in [0.1, 0.15) is 5.60 Å². The van der Waals surface area contributed by atoms with Crippen molar-refractivity contribution in [2.24, 2.45) is 0 Å². The number of aromatic nitrogens is 2. The highest BCUT2D eigenvalue weighted by molar-refractivity contribution is 7.90. The molecule has 0 saturated heterocycles. The van der Waals surface area contributed by atoms with Gasteiger partial charge in [-0.05, 0) is 56.7 Å². The Labute approximate surface area is 188 Å². The van der Waals surface area contributed by atoms with Gasteiger partial charge in [-0.25, -0.2) is 23.2 Å². The van der Waals surface area contributed by atoms with Crippen molar-refractivity contribution in [1.82, 2.24) is 15.3 Å². The molecule has 2 N–H and O–H groups in total. The van der Waals surface area contributed by atoms with Gasteiger partial charge < -0.3 is 15.4 Å². The van der Waals surface area contributed by atoms with Crippen LogP contribution in [-0.2, 0) is 21.1 Å². The first kappa shape index (κ1) is 23.2. The zero-order valence-corrected chi connectivity index (χ0v) is 19.2. The van der Waals surface area contributed by atoms with Crippen molar-refractivity contribution in [2.45, 2.75) is 37.8 Å². The fourth-order valence-corrected chi connectivity index (χ4v) is 3.41. The molecule has 9 heteroatoms. The maximum atomic E-state index is 11.8. The summed E-state index contributed by atoms with van der Waals surface area (Å²) in [6.45, 7) is 5.79. The zero-order chi connectivity index (χ0) is 23.4. The zero-order valence-electron chi connectivity index (χ0n) is 18.4. The third-order valence-corrected chi connectivity index (χ3v) is 5.41. The quantitative estimate of drug-likeness (QED) is 0.571. The molecule has 0 aliphatic carbocycles. The van der Waals surface area contributed by atoms with E-state index in [1.165, 1.54) is 6.26 Å². The summed E-state index contributed by atoms with van der Waals surface area (Å²) in [6, 6.07) is 15.8. The number of ether oxygens (including phenoxy) is 1. The highest BCUT2D eigenvalue weighted by Gasteiger charge is 2.15. The molecule has 0 radical (unpaired) electrons. The predicted molar refractivity (Wildman–Crippen MR) is 123 cm³/mol. The molecule has 0 saturated carbocycles. The van der Waals surface area contributed by atoms with Gasteiger partial charge in [0.25, 0.3) is 0 Å². The van der Waals surface area contributed by atoms with Crippen LogP contribution in [0.5, 0.6) is 0 Å². The summed E-state index contributed by atoms with van der Waals surface area (Å²) in [5.74, 6) is 0.411. The van der Waals surface area contributed by atoms with Crippen LogP contribution in [0, 0.1) is 0 Å². The average Bonchev–Trinajstić information content (AvgIpc) is 2.72. The molecule has 0 spiro atoms. The minimum Gasteiger partial charge on any atom is -0.444 e. The van der Waals surface area contributed by atoms with E-state index >= 15 is 0 Å². The molecule has 32 heavy (non-hydrogen) atoms. The molecule has 0 unspecified atom stereocenters. The molecule has 1 amide bonds. The number of anilines is 2. The van der Waals surface area contributed by atoms with Gasteiger partial charge in [0.15, 0.2) is 9.84 Å². The van der Waals surface area contributed by atoms with Crippen molar-refractivity contribution in [3.05, 3.63) is 66.4 Å². The predicted octanol–water partition coefficient (Wildman–Crippen LogP) is 4.32. The number of nitrogens with zero attached hydrogens (tertiary/aromatic N) is 2. The van der Waals surface area contributed by atoms with Gasteiger partial charge in [0.05, 0.1) is 10.6 Å². The fraction of sp³-hybridized carbons (Fsp3) is 0.261. The molecule has 0 aliphatic heterocycles. The van der Waals surface area contributed by atoms with Gasteiger partial charge >= 0.3 is 6.09 Å². The van der Waals surface area contributed by atoms with Gasteiger partial charge in [0.2, 0.25) is 5.95 Å². The minimum absolute atomic E-state index is 0.259. The first-order valence-corrected chi connectivity index (χ1v) is 11.9. The molecule has 1 aromatic heterocycles. The van der Waals surface area contributed by atoms with Crippen molar-refractivity contribution in [3.8, 4) is 11.3 Å². The molecule has 3 aromatic rings. The van der Waals surface area contributed by atoms with Gasteiger partial charge in [-0.1, -0.05) is 24.3 Å². The topological polar surface area (TPSA) is 110 Å². The molecule has 168 valence electrons. The van der Waals surface area contributed by atoms with Crippen LogP contribution in [0.2, 0.25) is 0 Å². The van der Waals surface area contributed by atoms with Crippen molar-refractivity contribution in [2.75, 3.05) is 11.6 Å². The van der Waals surface area contributed by atoms with E-state index in [0.717, 1.165) is 16.8 Å². The lowest BCUT2D eigenvalue weighted by Crippen LogP contribution is -2.32. The molecule has 3 rings (SSSR count). The van der Waals surface area contributed by atoms with Crippen molar-refractivity contribution in [1.29, 1.82) is 0 Å². The molecule has 0 atom stereocenters. The molecule has 0 bridgehead atoms. The van der Waals surface area contributed by atoms with Gasteiger partial charge in [-0.15, -0.1) is 0 Å². The first-order chi connectivity index (χ1) is 15.0. The lowest BCUT2D eigenvalue weighted by Gasteiger charge is -2.19. The van der Waals surface area contributed by atoms with Crippen LogP contribution in [0.1, 0.15) is 26.3 Å². The Bertz CT molecular complexity index is 1190. The largest absolute Gasteiger partial charge is 0.444 e. The van der Waals surface area contributed by atoms with E-state index in [2.05, 4.69) is 20.6 Å². The van der Waals surface area contributed by atoms with E-state index in [4.69, 9.17) is 4.74 Å². The highest BCUT2D eigenvalue weighted by Crippen LogP contribution is 2.21. The Kier molecular flexibility index (Phi) is 6.78. The monoisotopic (exact) mass is 454 g/mol. The summed E-state index contributed by atoms with van der Waals surface area (Å²) in [7, 11) is -3.25. The Morgan fingerprint density at radius 3 is 2.25 bits per heavy atom. The number of alkyl carbamates (subject to hydrolysis) is 1. The Morgan fingerprint density at radius 2 is 1.66 bits per heavy atom. The maximum absolute atomic E-state index is 11.8. The van der Waals surface area contributed by atoms with E-state index < -0.39 is 21.5 Å². The van der Waals surface area contributed by atoms with E-state index in [0.29, 0.717) is 18.2 Å². The Balaban J connectivity index is 1.64. The molecule has 0 aliphatic rings. The van der Waals surface area contributed by atoms with E-state index in [1.807, 2.05) is 45.0 Å². The highest BCUT2D eigenvalue weighted by atomic mass is 32.2. The summed E-state index contributed by atoms with van der Waals surface area (Å²) in [4.78, 5) is 20.8. The van der Waals surface area contributed by atoms with Crippen molar-refractivity contribution < 1.29 is 17.9 Å². The van der Waals surface area contributed by atoms with E-state index in [1.54, 1.807) is 36.5 Å². The third kappa shape index (κ3) is 6.78. The normalized spacial score (nSPS) is 11.6. The second kappa shape index (κ2) is 9.35. The molecule has 1 heterocycles. The second-order valence-corrected chi connectivity index (χ2v) is 10.3. The Hall–Kier alpha value is -3.46. The average molecular weight is 455 g/mol. The number of carbonyl (C=O) groups is 1. The Morgan fingerprint density at radius 1 is 1.00 bits per heavy atom. The minimum atomic E-state index is -3.25. The van der Waals surface area contributed by atoms with E-state index in [9.17, 15) is 13.2 Å². The van der Waals surface area contributed by atoms with Gasteiger partial charge in [0, 0.05) is 30.2 Å². The summed E-state index contributed by atoms with van der Waals surface area (Å²) in [6.07, 6.45) is 2.34. The molecular formula is C23H26N4O4S. The smallest absolute Gasteiger partial charge is 0.407 e. The second-order valence-electron chi connectivity index (χ2n) is 8.24. The number of sulfone groups is 1. The lowest BCUT2D eigenvalue weighted by atomic mass is 10.1. The maximum Gasteiger partial charge on any atom is 0.407 e. The van der Waals surface area contributed by atoms with Gasteiger partial charge in [-0.2, -0.15) is 0 Å². The third-order valence-electron chi connectivity index (χ3n) is 4.28. The fourth-order valence-electron chi connectivity index (χ4n) is 2.78. The van der Waals surface area contributed by atoms with Crippen LogP contribution in [0.25, 0.3) is 11.3 Å². The number of carbonyl (C=O) groups excluding carboxylic acids is 1. The summed E-state index contributed by atoms with van der Waals surface area (Å²) in [5.41, 5.74) is 2.62. The van der Waals surface area contributed by atoms with Crippen LogP contribution in [0.4, 0.5) is 16.4 Å². The molecule has 2 aromatic carbocycles. The SMILES string of the molecule is CC(C)(C)OC(=O)NCc1ccc(Nc2nccc(-c3ccc(S(C)(=O)=O)cc3)n2)cc1. The number of rotatable bonds is 6. The summed E-state index contributed by atoms with van der Waals surface area (Å²) in [5, 5.41) is 5.86. The lowest BCUT2D eigenvalue weighted by molar-refractivity contribution is 0.0523. The van der Waals surface area contributed by atoms with Crippen LogP contribution < -0.4 is 10.6 Å². The number of hydrogen-bond acceptors (Lipinski definition) is 7. The van der Waals surface area contributed by atoms with Crippen molar-refractivity contribution >= 4 is 27.6 Å². The molecule has 8 nitrogen and oxygen atoms in total. The number of hydrogen-bond donors (Lipinski definition) is 2. The first-order valence-electron chi connectivity index (χ1n) is 9.96. The van der Waals surface area contributed by atoms with Crippen molar-refractivity contribution in [3.63, 3.8) is 0 Å². The number of nitrogens with one attached hydrogen (secondary N) is 2. The standard InChI is InChI=1S/C23H26N4O4S/c1-23(2,3)31-22(28)25-15-16-5-9-18(10-6-16)26-21-24-14-13-20(27-21)17-7-11-19(12-8-17)32(4,29)30/h5-14H,15H2,1-4H3,(H,25,28)(H,24,26,27). The van der Waals surface area contributed by atoms with Crippen LogP contribution in [0.3, 0.4) is 0 Å². The van der Waals surface area contributed by atoms with Crippen LogP contribution in [0.15, 0.2) is 65.7 Å². The van der Waals surface area contributed by atoms with E-state index in [-0.39, 0.29) is 4.90 Å². The van der Waals surface area contributed by atoms with Gasteiger partial charge in [-0.3, -0.25) is 0 Å². The summed E-state index contributed by atoms with van der Waals surface area (Å²) >= 11 is 0. The number of benzene rings is 2. The van der Waals surface area contributed by atoms with Crippen LogP contribution in [-0.4, -0.2) is 36.3 Å². The molecular weight excluding hydrogens is 428 g/mol. The molecule has 0 fully saturated rings. The van der Waals surface area contributed by atoms with Crippen LogP contribution >= 0.6 is 0 Å². The summed E-state index contributed by atoms with van der Waals surface area (Å²) < 4.78 is 28.5. The number of amides is 1.